The number of rotatable bonds is 4. The standard InChI is InChI=1S/C12H18N2O2/c1-8(2)10(7-13)14-12(16)9-5-3-4-6-11(9)15/h3-6,8,10,15H,7,13H2,1-2H3,(H,14,16). The smallest absolute Gasteiger partial charge is 0.255 e. The molecule has 1 rings (SSSR count). The molecule has 88 valence electrons. The second-order valence-electron chi connectivity index (χ2n) is 4.08. The van der Waals surface area contributed by atoms with E-state index < -0.39 is 0 Å². The number of para-hydroxylation sites is 1. The van der Waals surface area contributed by atoms with Gasteiger partial charge in [-0.25, -0.2) is 0 Å². The van der Waals surface area contributed by atoms with Crippen LogP contribution < -0.4 is 11.1 Å². The summed E-state index contributed by atoms with van der Waals surface area (Å²) in [5, 5.41) is 12.3. The minimum absolute atomic E-state index is 0.0143. The molecule has 4 nitrogen and oxygen atoms in total. The summed E-state index contributed by atoms with van der Waals surface area (Å²) in [6, 6.07) is 6.38. The van der Waals surface area contributed by atoms with Crippen LogP contribution in [-0.2, 0) is 0 Å². The van der Waals surface area contributed by atoms with Crippen molar-refractivity contribution in [2.45, 2.75) is 19.9 Å². The lowest BCUT2D eigenvalue weighted by atomic mass is 10.0. The van der Waals surface area contributed by atoms with Gasteiger partial charge < -0.3 is 16.2 Å². The Morgan fingerprint density at radius 3 is 2.56 bits per heavy atom. The van der Waals surface area contributed by atoms with Crippen LogP contribution in [0.25, 0.3) is 0 Å². The topological polar surface area (TPSA) is 75.3 Å². The summed E-state index contributed by atoms with van der Waals surface area (Å²) in [6.07, 6.45) is 0. The average molecular weight is 222 g/mol. The lowest BCUT2D eigenvalue weighted by Gasteiger charge is -2.20. The first-order valence-corrected chi connectivity index (χ1v) is 5.35. The number of carbonyl (C=O) groups excluding carboxylic acids is 1. The minimum Gasteiger partial charge on any atom is -0.507 e. The van der Waals surface area contributed by atoms with E-state index in [2.05, 4.69) is 5.32 Å². The molecular weight excluding hydrogens is 204 g/mol. The van der Waals surface area contributed by atoms with Gasteiger partial charge in [0.1, 0.15) is 5.75 Å². The molecule has 4 heteroatoms. The van der Waals surface area contributed by atoms with Crippen molar-refractivity contribution in [2.75, 3.05) is 6.54 Å². The van der Waals surface area contributed by atoms with Crippen LogP contribution in [0.3, 0.4) is 0 Å². The molecule has 1 unspecified atom stereocenters. The Balaban J connectivity index is 2.76. The number of amides is 1. The second kappa shape index (κ2) is 5.51. The third-order valence-electron chi connectivity index (χ3n) is 2.52. The van der Waals surface area contributed by atoms with Crippen LogP contribution in [0.1, 0.15) is 24.2 Å². The van der Waals surface area contributed by atoms with Crippen LogP contribution in [0, 0.1) is 5.92 Å². The molecule has 1 amide bonds. The van der Waals surface area contributed by atoms with Crippen molar-refractivity contribution in [3.8, 4) is 5.75 Å². The molecule has 0 heterocycles. The summed E-state index contributed by atoms with van der Waals surface area (Å²) in [4.78, 5) is 11.8. The Hall–Kier alpha value is -1.55. The highest BCUT2D eigenvalue weighted by atomic mass is 16.3. The number of hydrogen-bond acceptors (Lipinski definition) is 3. The number of benzene rings is 1. The third kappa shape index (κ3) is 2.97. The fourth-order valence-corrected chi connectivity index (χ4v) is 1.41. The van der Waals surface area contributed by atoms with Crippen LogP contribution in [0.4, 0.5) is 0 Å². The number of carbonyl (C=O) groups is 1. The maximum absolute atomic E-state index is 11.8. The third-order valence-corrected chi connectivity index (χ3v) is 2.52. The Bertz CT molecular complexity index is 364. The number of nitrogens with one attached hydrogen (secondary N) is 1. The second-order valence-corrected chi connectivity index (χ2v) is 4.08. The normalized spacial score (nSPS) is 12.5. The van der Waals surface area contributed by atoms with Gasteiger partial charge in [-0.1, -0.05) is 26.0 Å². The molecular formula is C12H18N2O2. The van der Waals surface area contributed by atoms with E-state index in [4.69, 9.17) is 5.73 Å². The Morgan fingerprint density at radius 2 is 2.06 bits per heavy atom. The summed E-state index contributed by atoms with van der Waals surface area (Å²) >= 11 is 0. The van der Waals surface area contributed by atoms with Crippen LogP contribution in [0.15, 0.2) is 24.3 Å². The molecule has 0 radical (unpaired) electrons. The van der Waals surface area contributed by atoms with Crippen molar-refractivity contribution in [1.82, 2.24) is 5.32 Å². The molecule has 0 spiro atoms. The van der Waals surface area contributed by atoms with Gasteiger partial charge in [0.05, 0.1) is 5.56 Å². The van der Waals surface area contributed by atoms with Gasteiger partial charge in [0.25, 0.3) is 5.91 Å². The molecule has 0 aromatic heterocycles. The number of aromatic hydroxyl groups is 1. The summed E-state index contributed by atoms with van der Waals surface area (Å²) in [5.41, 5.74) is 5.84. The van der Waals surface area contributed by atoms with Crippen LogP contribution in [0.2, 0.25) is 0 Å². The summed E-state index contributed by atoms with van der Waals surface area (Å²) in [6.45, 7) is 4.36. The maximum Gasteiger partial charge on any atom is 0.255 e. The summed E-state index contributed by atoms with van der Waals surface area (Å²) in [7, 11) is 0. The lowest BCUT2D eigenvalue weighted by Crippen LogP contribution is -2.43. The van der Waals surface area contributed by atoms with Crippen LogP contribution >= 0.6 is 0 Å². The van der Waals surface area contributed by atoms with E-state index in [9.17, 15) is 9.90 Å². The van der Waals surface area contributed by atoms with E-state index in [1.807, 2.05) is 13.8 Å². The summed E-state index contributed by atoms with van der Waals surface area (Å²) in [5.74, 6) is -0.0402. The van der Waals surface area contributed by atoms with E-state index in [1.165, 1.54) is 6.07 Å². The molecule has 0 saturated heterocycles. The first-order chi connectivity index (χ1) is 7.56. The monoisotopic (exact) mass is 222 g/mol. The molecule has 0 aliphatic rings. The zero-order valence-electron chi connectivity index (χ0n) is 9.60. The van der Waals surface area contributed by atoms with Gasteiger partial charge in [-0.05, 0) is 18.1 Å². The molecule has 4 N–H and O–H groups in total. The number of phenolic OH excluding ortho intramolecular Hbond substituents is 1. The predicted molar refractivity (Wildman–Crippen MR) is 63.3 cm³/mol. The van der Waals surface area contributed by atoms with Crippen molar-refractivity contribution in [3.05, 3.63) is 29.8 Å². The largest absolute Gasteiger partial charge is 0.507 e. The molecule has 0 bridgehead atoms. The minimum atomic E-state index is -0.290. The Kier molecular flexibility index (Phi) is 4.31. The maximum atomic E-state index is 11.8. The van der Waals surface area contributed by atoms with Gasteiger partial charge in [0.15, 0.2) is 0 Å². The highest BCUT2D eigenvalue weighted by Gasteiger charge is 2.17. The first kappa shape index (κ1) is 12.5. The molecule has 1 atom stereocenters. The van der Waals surface area contributed by atoms with Crippen molar-refractivity contribution >= 4 is 5.91 Å². The van der Waals surface area contributed by atoms with E-state index in [0.717, 1.165) is 0 Å². The zero-order chi connectivity index (χ0) is 12.1. The van der Waals surface area contributed by atoms with Gasteiger partial charge in [-0.2, -0.15) is 0 Å². The molecule has 0 aliphatic carbocycles. The van der Waals surface area contributed by atoms with E-state index in [-0.39, 0.29) is 29.2 Å². The van der Waals surface area contributed by atoms with Crippen LogP contribution in [-0.4, -0.2) is 23.6 Å². The number of phenols is 1. The van der Waals surface area contributed by atoms with Crippen molar-refractivity contribution in [3.63, 3.8) is 0 Å². The Morgan fingerprint density at radius 1 is 1.44 bits per heavy atom. The highest BCUT2D eigenvalue weighted by Crippen LogP contribution is 2.15. The van der Waals surface area contributed by atoms with Crippen molar-refractivity contribution in [1.29, 1.82) is 0 Å². The van der Waals surface area contributed by atoms with Gasteiger partial charge in [-0.15, -0.1) is 0 Å². The van der Waals surface area contributed by atoms with E-state index in [1.54, 1.807) is 18.2 Å². The SMILES string of the molecule is CC(C)C(CN)NC(=O)c1ccccc1O. The average Bonchev–Trinajstić information content (AvgIpc) is 2.25. The molecule has 1 aromatic rings. The van der Waals surface area contributed by atoms with Crippen molar-refractivity contribution in [2.24, 2.45) is 11.7 Å². The quantitative estimate of drug-likeness (QED) is 0.714. The summed E-state index contributed by atoms with van der Waals surface area (Å²) < 4.78 is 0. The zero-order valence-corrected chi connectivity index (χ0v) is 9.60. The number of hydrogen-bond donors (Lipinski definition) is 3. The molecule has 0 aliphatic heterocycles. The first-order valence-electron chi connectivity index (χ1n) is 5.35. The van der Waals surface area contributed by atoms with Gasteiger partial charge in [-0.3, -0.25) is 4.79 Å². The van der Waals surface area contributed by atoms with Gasteiger partial charge in [0, 0.05) is 12.6 Å². The molecule has 1 aromatic carbocycles. The highest BCUT2D eigenvalue weighted by molar-refractivity contribution is 5.96. The Labute approximate surface area is 95.5 Å². The lowest BCUT2D eigenvalue weighted by molar-refractivity contribution is 0.0925. The van der Waals surface area contributed by atoms with E-state index in [0.29, 0.717) is 6.54 Å². The van der Waals surface area contributed by atoms with Crippen LogP contribution in [0.5, 0.6) is 5.75 Å². The fraction of sp³-hybridized carbons (Fsp3) is 0.417. The van der Waals surface area contributed by atoms with Gasteiger partial charge in [0.2, 0.25) is 0 Å². The number of nitrogens with two attached hydrogens (primary N) is 1. The van der Waals surface area contributed by atoms with E-state index >= 15 is 0 Å². The molecule has 0 fully saturated rings. The molecule has 16 heavy (non-hydrogen) atoms. The fourth-order valence-electron chi connectivity index (χ4n) is 1.41. The molecule has 0 saturated carbocycles. The van der Waals surface area contributed by atoms with Gasteiger partial charge >= 0.3 is 0 Å². The van der Waals surface area contributed by atoms with Crippen molar-refractivity contribution < 1.29 is 9.90 Å². The predicted octanol–water partition coefficient (Wildman–Crippen LogP) is 1.11.